The van der Waals surface area contributed by atoms with Crippen LogP contribution in [0.15, 0.2) is 40.9 Å². The van der Waals surface area contributed by atoms with E-state index in [2.05, 4.69) is 15.9 Å². The van der Waals surface area contributed by atoms with Crippen LogP contribution >= 0.6 is 15.9 Å². The monoisotopic (exact) mass is 330 g/mol. The van der Waals surface area contributed by atoms with E-state index >= 15 is 0 Å². The maximum Gasteiger partial charge on any atom is 0.129 e. The van der Waals surface area contributed by atoms with Gasteiger partial charge in [-0.05, 0) is 42.0 Å². The number of hydrogen-bond donors (Lipinski definition) is 1. The highest BCUT2D eigenvalue weighted by molar-refractivity contribution is 9.10. The van der Waals surface area contributed by atoms with E-state index in [1.165, 1.54) is 18.2 Å². The Bertz CT molecular complexity index is 601. The molecule has 1 atom stereocenters. The fourth-order valence-corrected chi connectivity index (χ4v) is 2.20. The summed E-state index contributed by atoms with van der Waals surface area (Å²) < 4.78 is 40.7. The summed E-state index contributed by atoms with van der Waals surface area (Å²) in [7, 11) is 0. The molecule has 2 aromatic rings. The Balaban J connectivity index is 2.27. The summed E-state index contributed by atoms with van der Waals surface area (Å²) in [6, 6.07) is 7.07. The largest absolute Gasteiger partial charge is 0.388 e. The second-order valence-corrected chi connectivity index (χ2v) is 5.04. The van der Waals surface area contributed by atoms with Gasteiger partial charge in [-0.15, -0.1) is 0 Å². The van der Waals surface area contributed by atoms with Crippen LogP contribution in [0.3, 0.4) is 0 Å². The average molecular weight is 331 g/mol. The van der Waals surface area contributed by atoms with Crippen LogP contribution < -0.4 is 0 Å². The Labute approximate surface area is 116 Å². The minimum Gasteiger partial charge on any atom is -0.388 e. The Morgan fingerprint density at radius 3 is 2.42 bits per heavy atom. The lowest BCUT2D eigenvalue weighted by atomic mass is 10.0. The van der Waals surface area contributed by atoms with E-state index in [0.717, 1.165) is 18.2 Å². The highest BCUT2D eigenvalue weighted by atomic mass is 79.9. The number of aliphatic hydroxyl groups is 1. The van der Waals surface area contributed by atoms with Crippen LogP contribution in [-0.4, -0.2) is 5.11 Å². The second-order valence-electron chi connectivity index (χ2n) is 4.12. The summed E-state index contributed by atoms with van der Waals surface area (Å²) in [6.07, 6.45) is -1.44. The Morgan fingerprint density at radius 1 is 1.00 bits per heavy atom. The highest BCUT2D eigenvalue weighted by Crippen LogP contribution is 2.25. The molecule has 2 aromatic carbocycles. The Hall–Kier alpha value is -1.33. The van der Waals surface area contributed by atoms with Gasteiger partial charge < -0.3 is 5.11 Å². The van der Waals surface area contributed by atoms with Crippen molar-refractivity contribution in [2.75, 3.05) is 0 Å². The second kappa shape index (κ2) is 5.75. The number of hydrogen-bond acceptors (Lipinski definition) is 1. The number of rotatable bonds is 3. The van der Waals surface area contributed by atoms with E-state index in [-0.39, 0.29) is 17.5 Å². The topological polar surface area (TPSA) is 20.2 Å². The predicted octanol–water partition coefficient (Wildman–Crippen LogP) is 4.14. The van der Waals surface area contributed by atoms with Crippen molar-refractivity contribution in [3.05, 3.63) is 69.4 Å². The van der Waals surface area contributed by atoms with Gasteiger partial charge in [0.15, 0.2) is 0 Å². The van der Waals surface area contributed by atoms with Crippen molar-refractivity contribution in [3.63, 3.8) is 0 Å². The van der Waals surface area contributed by atoms with Crippen LogP contribution in [0.4, 0.5) is 13.2 Å². The Kier molecular flexibility index (Phi) is 4.27. The lowest BCUT2D eigenvalue weighted by molar-refractivity contribution is 0.172. The van der Waals surface area contributed by atoms with Crippen molar-refractivity contribution >= 4 is 15.9 Å². The van der Waals surface area contributed by atoms with Crippen LogP contribution in [0.1, 0.15) is 17.2 Å². The van der Waals surface area contributed by atoms with Crippen LogP contribution in [-0.2, 0) is 6.42 Å². The quantitative estimate of drug-likeness (QED) is 0.896. The van der Waals surface area contributed by atoms with E-state index in [0.29, 0.717) is 4.47 Å². The molecule has 0 saturated heterocycles. The van der Waals surface area contributed by atoms with Crippen molar-refractivity contribution in [2.45, 2.75) is 12.5 Å². The molecule has 0 amide bonds. The molecule has 0 spiro atoms. The number of halogens is 4. The van der Waals surface area contributed by atoms with Crippen molar-refractivity contribution in [3.8, 4) is 0 Å². The van der Waals surface area contributed by atoms with E-state index in [1.54, 1.807) is 0 Å². The van der Waals surface area contributed by atoms with Gasteiger partial charge in [0, 0.05) is 16.5 Å². The first-order valence-electron chi connectivity index (χ1n) is 5.54. The number of benzene rings is 2. The Morgan fingerprint density at radius 2 is 1.68 bits per heavy atom. The minimum absolute atomic E-state index is 0.133. The summed E-state index contributed by atoms with van der Waals surface area (Å²) in [5.74, 6) is -1.87. The number of aliphatic hydroxyl groups excluding tert-OH is 1. The molecule has 1 unspecified atom stereocenters. The van der Waals surface area contributed by atoms with Crippen LogP contribution in [0.2, 0.25) is 0 Å². The van der Waals surface area contributed by atoms with E-state index in [9.17, 15) is 18.3 Å². The van der Waals surface area contributed by atoms with Gasteiger partial charge in [0.05, 0.1) is 6.10 Å². The van der Waals surface area contributed by atoms with Crippen molar-refractivity contribution in [1.29, 1.82) is 0 Å². The molecule has 0 bridgehead atoms. The predicted molar refractivity (Wildman–Crippen MR) is 69.1 cm³/mol. The highest BCUT2D eigenvalue weighted by Gasteiger charge is 2.16. The normalized spacial score (nSPS) is 12.5. The lowest BCUT2D eigenvalue weighted by Gasteiger charge is -2.13. The van der Waals surface area contributed by atoms with Gasteiger partial charge >= 0.3 is 0 Å². The van der Waals surface area contributed by atoms with Gasteiger partial charge in [-0.25, -0.2) is 13.2 Å². The molecule has 0 aliphatic rings. The van der Waals surface area contributed by atoms with E-state index < -0.39 is 23.6 Å². The molecule has 5 heteroatoms. The molecule has 0 aromatic heterocycles. The van der Waals surface area contributed by atoms with Gasteiger partial charge in [0.1, 0.15) is 17.5 Å². The molecule has 1 N–H and O–H groups in total. The maximum absolute atomic E-state index is 13.5. The summed E-state index contributed by atoms with van der Waals surface area (Å²) in [4.78, 5) is 0. The molecule has 0 fully saturated rings. The third-order valence-electron chi connectivity index (χ3n) is 2.74. The maximum atomic E-state index is 13.5. The third-order valence-corrected chi connectivity index (χ3v) is 3.23. The summed E-state index contributed by atoms with van der Waals surface area (Å²) in [5.41, 5.74) is 0.0462. The zero-order valence-electron chi connectivity index (χ0n) is 9.71. The summed E-state index contributed by atoms with van der Waals surface area (Å²) in [6.45, 7) is 0. The molecule has 100 valence electrons. The molecule has 0 saturated carbocycles. The molecule has 19 heavy (non-hydrogen) atoms. The fraction of sp³-hybridized carbons (Fsp3) is 0.143. The molecule has 2 rings (SSSR count). The molecule has 1 nitrogen and oxygen atoms in total. The van der Waals surface area contributed by atoms with Crippen molar-refractivity contribution in [2.24, 2.45) is 0 Å². The first-order chi connectivity index (χ1) is 8.97. The first kappa shape index (κ1) is 14.1. The van der Waals surface area contributed by atoms with Gasteiger partial charge in [0.2, 0.25) is 0 Å². The SMILES string of the molecule is OC(Cc1cc(Br)ccc1F)c1cc(F)ccc1F. The molecule has 0 aliphatic heterocycles. The van der Waals surface area contributed by atoms with Gasteiger partial charge in [-0.1, -0.05) is 15.9 Å². The summed E-state index contributed by atoms with van der Waals surface area (Å²) in [5, 5.41) is 9.91. The van der Waals surface area contributed by atoms with Gasteiger partial charge in [0.25, 0.3) is 0 Å². The molecule has 0 radical (unpaired) electrons. The average Bonchev–Trinajstić information content (AvgIpc) is 2.36. The molecular weight excluding hydrogens is 321 g/mol. The smallest absolute Gasteiger partial charge is 0.129 e. The van der Waals surface area contributed by atoms with Crippen LogP contribution in [0, 0.1) is 17.5 Å². The zero-order chi connectivity index (χ0) is 14.0. The van der Waals surface area contributed by atoms with Crippen molar-refractivity contribution in [1.82, 2.24) is 0 Å². The van der Waals surface area contributed by atoms with Gasteiger partial charge in [-0.2, -0.15) is 0 Å². The van der Waals surface area contributed by atoms with E-state index in [1.807, 2.05) is 0 Å². The minimum atomic E-state index is -1.31. The summed E-state index contributed by atoms with van der Waals surface area (Å²) >= 11 is 3.19. The van der Waals surface area contributed by atoms with Gasteiger partial charge in [-0.3, -0.25) is 0 Å². The standard InChI is InChI=1S/C14H10BrF3O/c15-9-1-3-12(17)8(5-9)6-14(19)11-7-10(16)2-4-13(11)18/h1-5,7,14,19H,6H2. The molecule has 0 heterocycles. The lowest BCUT2D eigenvalue weighted by Crippen LogP contribution is -2.06. The molecule has 0 aliphatic carbocycles. The zero-order valence-corrected chi connectivity index (χ0v) is 11.3. The van der Waals surface area contributed by atoms with E-state index in [4.69, 9.17) is 0 Å². The third kappa shape index (κ3) is 3.36. The molecular formula is C14H10BrF3O. The van der Waals surface area contributed by atoms with Crippen molar-refractivity contribution < 1.29 is 18.3 Å². The van der Waals surface area contributed by atoms with Crippen LogP contribution in [0.25, 0.3) is 0 Å². The fourth-order valence-electron chi connectivity index (χ4n) is 1.79. The first-order valence-corrected chi connectivity index (χ1v) is 6.33. The van der Waals surface area contributed by atoms with Crippen LogP contribution in [0.5, 0.6) is 0 Å².